The summed E-state index contributed by atoms with van der Waals surface area (Å²) in [6, 6.07) is 8.30. The SMILES string of the molecule is Cc1cc(/C=C2/C(=N)N3N=C(N4CCCC4)SC3=NC2=O)c(C)n1-c1cccc(F)c1. The van der Waals surface area contributed by atoms with Crippen molar-refractivity contribution in [2.24, 2.45) is 10.1 Å². The van der Waals surface area contributed by atoms with Crippen LogP contribution in [0.4, 0.5) is 4.39 Å². The lowest BCUT2D eigenvalue weighted by Gasteiger charge is -2.20. The van der Waals surface area contributed by atoms with E-state index in [1.54, 1.807) is 12.1 Å². The number of hydrogen-bond acceptors (Lipinski definition) is 5. The summed E-state index contributed by atoms with van der Waals surface area (Å²) in [6.07, 6.45) is 3.92. The van der Waals surface area contributed by atoms with Gasteiger partial charge in [0.1, 0.15) is 5.82 Å². The van der Waals surface area contributed by atoms with Gasteiger partial charge < -0.3 is 9.47 Å². The molecule has 7 nitrogen and oxygen atoms in total. The third-order valence-corrected chi connectivity index (χ3v) is 6.63. The number of aliphatic imine (C=N–C) groups is 1. The van der Waals surface area contributed by atoms with E-state index in [1.807, 2.05) is 30.5 Å². The Morgan fingerprint density at radius 3 is 2.68 bits per heavy atom. The van der Waals surface area contributed by atoms with Crippen LogP contribution >= 0.6 is 11.8 Å². The molecule has 0 aliphatic carbocycles. The van der Waals surface area contributed by atoms with Crippen molar-refractivity contribution in [3.8, 4) is 5.69 Å². The molecule has 1 aromatic heterocycles. The normalized spacial score (nSPS) is 19.9. The summed E-state index contributed by atoms with van der Waals surface area (Å²) in [5.41, 5.74) is 3.43. The van der Waals surface area contributed by atoms with Crippen molar-refractivity contribution < 1.29 is 9.18 Å². The third-order valence-electron chi connectivity index (χ3n) is 5.66. The van der Waals surface area contributed by atoms with Crippen LogP contribution in [0.25, 0.3) is 11.8 Å². The molecule has 1 aromatic carbocycles. The van der Waals surface area contributed by atoms with Crippen LogP contribution in [0, 0.1) is 25.1 Å². The highest BCUT2D eigenvalue weighted by molar-refractivity contribution is 8.26. The van der Waals surface area contributed by atoms with Crippen LogP contribution in [0.1, 0.15) is 29.8 Å². The lowest BCUT2D eigenvalue weighted by molar-refractivity contribution is -0.114. The van der Waals surface area contributed by atoms with Gasteiger partial charge in [0.2, 0.25) is 5.17 Å². The molecule has 158 valence electrons. The number of thioether (sulfide) groups is 1. The Hall–Kier alpha value is -3.20. The number of nitrogens with zero attached hydrogens (tertiary/aromatic N) is 5. The van der Waals surface area contributed by atoms with Crippen LogP contribution in [0.15, 0.2) is 46.0 Å². The molecule has 3 aliphatic rings. The number of halogens is 1. The van der Waals surface area contributed by atoms with Crippen molar-refractivity contribution in [1.82, 2.24) is 14.5 Å². The van der Waals surface area contributed by atoms with Crippen molar-refractivity contribution >= 4 is 39.9 Å². The highest BCUT2D eigenvalue weighted by Crippen LogP contribution is 2.31. The third kappa shape index (κ3) is 3.38. The van der Waals surface area contributed by atoms with E-state index in [0.29, 0.717) is 10.9 Å². The number of nitrogens with one attached hydrogen (secondary N) is 1. The number of likely N-dealkylation sites (tertiary alicyclic amines) is 1. The molecular weight excluding hydrogens is 415 g/mol. The number of hydrogen-bond donors (Lipinski definition) is 1. The lowest BCUT2D eigenvalue weighted by atomic mass is 10.1. The van der Waals surface area contributed by atoms with Gasteiger partial charge in [-0.2, -0.15) is 10.0 Å². The van der Waals surface area contributed by atoms with E-state index >= 15 is 0 Å². The fourth-order valence-electron chi connectivity index (χ4n) is 4.12. The van der Waals surface area contributed by atoms with E-state index in [4.69, 9.17) is 5.41 Å². The summed E-state index contributed by atoms with van der Waals surface area (Å²) >= 11 is 1.34. The second-order valence-electron chi connectivity index (χ2n) is 7.74. The zero-order valence-corrected chi connectivity index (χ0v) is 18.0. The first-order chi connectivity index (χ1) is 14.9. The average molecular weight is 437 g/mol. The highest BCUT2D eigenvalue weighted by Gasteiger charge is 2.37. The fraction of sp³-hybridized carbons (Fsp3) is 0.273. The van der Waals surface area contributed by atoms with Gasteiger partial charge in [0.25, 0.3) is 5.91 Å². The summed E-state index contributed by atoms with van der Waals surface area (Å²) in [5, 5.41) is 15.8. The minimum atomic E-state index is -0.447. The molecule has 4 heterocycles. The van der Waals surface area contributed by atoms with Gasteiger partial charge in [-0.05, 0) is 74.4 Å². The number of carbonyl (C=O) groups is 1. The molecule has 1 N–H and O–H groups in total. The number of rotatable bonds is 2. The molecule has 5 rings (SSSR count). The smallest absolute Gasteiger partial charge is 0.283 e. The summed E-state index contributed by atoms with van der Waals surface area (Å²) in [4.78, 5) is 19.1. The predicted octanol–water partition coefficient (Wildman–Crippen LogP) is 3.91. The number of hydrazone groups is 1. The minimum absolute atomic E-state index is 0.0206. The number of amides is 1. The van der Waals surface area contributed by atoms with Gasteiger partial charge >= 0.3 is 0 Å². The first-order valence-corrected chi connectivity index (χ1v) is 10.9. The van der Waals surface area contributed by atoms with Crippen LogP contribution in [0.5, 0.6) is 0 Å². The zero-order chi connectivity index (χ0) is 21.7. The molecular formula is C22H21FN6OS. The van der Waals surface area contributed by atoms with Gasteiger partial charge in [0.15, 0.2) is 11.0 Å². The van der Waals surface area contributed by atoms with Crippen molar-refractivity contribution in [3.63, 3.8) is 0 Å². The molecule has 0 unspecified atom stereocenters. The van der Waals surface area contributed by atoms with Crippen LogP contribution in [-0.4, -0.2) is 49.6 Å². The molecule has 2 aromatic rings. The quantitative estimate of drug-likeness (QED) is 0.725. The molecule has 1 amide bonds. The number of amidine groups is 3. The molecule has 0 saturated carbocycles. The largest absolute Gasteiger partial charge is 0.349 e. The number of aromatic nitrogens is 1. The Morgan fingerprint density at radius 2 is 1.94 bits per heavy atom. The molecule has 0 atom stereocenters. The summed E-state index contributed by atoms with van der Waals surface area (Å²) in [6.45, 7) is 5.70. The van der Waals surface area contributed by atoms with E-state index in [2.05, 4.69) is 15.0 Å². The van der Waals surface area contributed by atoms with Gasteiger partial charge in [0.05, 0.1) is 5.57 Å². The van der Waals surface area contributed by atoms with Crippen LogP contribution in [0.3, 0.4) is 0 Å². The van der Waals surface area contributed by atoms with Crippen molar-refractivity contribution in [2.45, 2.75) is 26.7 Å². The van der Waals surface area contributed by atoms with E-state index in [0.717, 1.165) is 48.1 Å². The topological polar surface area (TPSA) is 77.1 Å². The monoisotopic (exact) mass is 436 g/mol. The van der Waals surface area contributed by atoms with E-state index in [1.165, 1.54) is 28.9 Å². The standard InChI is InChI=1S/C22H21FN6OS/c1-13-10-15(14(2)28(13)17-7-5-6-16(23)12-17)11-18-19(24)29-21(25-20(18)30)31-22(26-29)27-8-3-4-9-27/h5-7,10-12,24H,3-4,8-9H2,1-2H3/b18-11-,24-19?. The first kappa shape index (κ1) is 19.7. The molecule has 0 spiro atoms. The van der Waals surface area contributed by atoms with Crippen molar-refractivity contribution in [3.05, 3.63) is 58.7 Å². The van der Waals surface area contributed by atoms with E-state index < -0.39 is 5.91 Å². The second kappa shape index (κ2) is 7.49. The van der Waals surface area contributed by atoms with Gasteiger partial charge in [-0.15, -0.1) is 5.10 Å². The molecule has 1 fully saturated rings. The van der Waals surface area contributed by atoms with Crippen molar-refractivity contribution in [2.75, 3.05) is 13.1 Å². The van der Waals surface area contributed by atoms with Gasteiger partial charge in [-0.1, -0.05) is 6.07 Å². The van der Waals surface area contributed by atoms with Gasteiger partial charge in [0, 0.05) is 30.2 Å². The number of fused-ring (bicyclic) bond motifs is 1. The lowest BCUT2D eigenvalue weighted by Crippen LogP contribution is -2.35. The van der Waals surface area contributed by atoms with Crippen molar-refractivity contribution in [1.29, 1.82) is 5.41 Å². The minimum Gasteiger partial charge on any atom is -0.349 e. The maximum absolute atomic E-state index is 13.7. The predicted molar refractivity (Wildman–Crippen MR) is 121 cm³/mol. The molecule has 0 radical (unpaired) electrons. The van der Waals surface area contributed by atoms with Crippen LogP contribution in [-0.2, 0) is 4.79 Å². The summed E-state index contributed by atoms with van der Waals surface area (Å²) in [7, 11) is 0. The molecule has 9 heteroatoms. The van der Waals surface area contributed by atoms with Gasteiger partial charge in [-0.25, -0.2) is 4.39 Å². The van der Waals surface area contributed by atoms with Crippen LogP contribution in [0.2, 0.25) is 0 Å². The molecule has 31 heavy (non-hydrogen) atoms. The average Bonchev–Trinajstić information content (AvgIpc) is 3.45. The Kier molecular flexibility index (Phi) is 4.77. The highest BCUT2D eigenvalue weighted by atomic mass is 32.2. The molecule has 1 saturated heterocycles. The Labute approximate surface area is 183 Å². The Bertz CT molecular complexity index is 1200. The van der Waals surface area contributed by atoms with E-state index in [-0.39, 0.29) is 17.2 Å². The van der Waals surface area contributed by atoms with Crippen LogP contribution < -0.4 is 0 Å². The first-order valence-electron chi connectivity index (χ1n) is 10.1. The Balaban J connectivity index is 1.50. The van der Waals surface area contributed by atoms with Gasteiger partial charge in [-0.3, -0.25) is 10.2 Å². The van der Waals surface area contributed by atoms with E-state index in [9.17, 15) is 9.18 Å². The summed E-state index contributed by atoms with van der Waals surface area (Å²) < 4.78 is 15.7. The summed E-state index contributed by atoms with van der Waals surface area (Å²) in [5.74, 6) is -0.737. The molecule has 0 bridgehead atoms. The number of carbonyl (C=O) groups excluding carboxylic acids is 1. The fourth-order valence-corrected chi connectivity index (χ4v) is 5.06. The number of benzene rings is 1. The second-order valence-corrected chi connectivity index (χ2v) is 8.67. The Morgan fingerprint density at radius 1 is 1.16 bits per heavy atom. The molecule has 3 aliphatic heterocycles. The maximum Gasteiger partial charge on any atom is 0.283 e. The number of aryl methyl sites for hydroxylation is 1. The maximum atomic E-state index is 13.7. The zero-order valence-electron chi connectivity index (χ0n) is 17.2.